The highest BCUT2D eigenvalue weighted by Crippen LogP contribution is 2.03. The van der Waals surface area contributed by atoms with Gasteiger partial charge in [0.15, 0.2) is 0 Å². The SMILES string of the molecule is CCC[N+](C)(C)S(N)(=O)=O. The molecule has 0 spiro atoms. The fourth-order valence-electron chi connectivity index (χ4n) is 0.666. The molecule has 0 atom stereocenters. The topological polar surface area (TPSA) is 60.2 Å². The second-order valence-electron chi connectivity index (χ2n) is 2.81. The molecule has 0 aliphatic heterocycles. The number of hydrogen-bond acceptors (Lipinski definition) is 2. The lowest BCUT2D eigenvalue weighted by atomic mass is 10.5. The molecule has 10 heavy (non-hydrogen) atoms. The third-order valence-electron chi connectivity index (χ3n) is 1.45. The number of nitrogens with zero attached hydrogens (tertiary/aromatic N) is 1. The van der Waals surface area contributed by atoms with Gasteiger partial charge >= 0.3 is 10.2 Å². The molecule has 0 aliphatic carbocycles. The molecule has 0 aromatic rings. The molecule has 0 aromatic carbocycles. The molecule has 5 heteroatoms. The third kappa shape index (κ3) is 2.24. The molecule has 0 saturated carbocycles. The lowest BCUT2D eigenvalue weighted by molar-refractivity contribution is -0.762. The summed E-state index contributed by atoms with van der Waals surface area (Å²) in [4.78, 5) is 0. The van der Waals surface area contributed by atoms with Crippen LogP contribution in [0.2, 0.25) is 0 Å². The summed E-state index contributed by atoms with van der Waals surface area (Å²) >= 11 is 0. The molecule has 0 radical (unpaired) electrons. The lowest BCUT2D eigenvalue weighted by Crippen LogP contribution is -2.49. The van der Waals surface area contributed by atoms with Crippen LogP contribution in [0.15, 0.2) is 0 Å². The minimum atomic E-state index is -3.43. The van der Waals surface area contributed by atoms with Gasteiger partial charge in [-0.05, 0) is 6.42 Å². The van der Waals surface area contributed by atoms with Crippen molar-refractivity contribution in [2.75, 3.05) is 20.6 Å². The zero-order chi connectivity index (χ0) is 8.41. The van der Waals surface area contributed by atoms with E-state index in [4.69, 9.17) is 5.14 Å². The Morgan fingerprint density at radius 2 is 1.80 bits per heavy atom. The van der Waals surface area contributed by atoms with Gasteiger partial charge in [0.05, 0.1) is 20.6 Å². The average molecular weight is 167 g/mol. The fraction of sp³-hybridized carbons (Fsp3) is 1.00. The summed E-state index contributed by atoms with van der Waals surface area (Å²) in [5.41, 5.74) is 0. The van der Waals surface area contributed by atoms with Crippen LogP contribution in [-0.4, -0.2) is 32.9 Å². The van der Waals surface area contributed by atoms with E-state index in [0.29, 0.717) is 6.54 Å². The van der Waals surface area contributed by atoms with Crippen LogP contribution in [0.4, 0.5) is 0 Å². The summed E-state index contributed by atoms with van der Waals surface area (Å²) in [7, 11) is -0.263. The van der Waals surface area contributed by atoms with E-state index in [9.17, 15) is 8.42 Å². The average Bonchev–Trinajstić information content (AvgIpc) is 1.61. The zero-order valence-corrected chi connectivity index (χ0v) is 7.48. The number of quaternary nitrogens is 1. The van der Waals surface area contributed by atoms with Crippen molar-refractivity contribution in [1.82, 2.24) is 0 Å². The van der Waals surface area contributed by atoms with Crippen molar-refractivity contribution in [2.45, 2.75) is 13.3 Å². The summed E-state index contributed by atoms with van der Waals surface area (Å²) in [5, 5.41) is 4.94. The first-order valence-corrected chi connectivity index (χ1v) is 4.67. The summed E-state index contributed by atoms with van der Waals surface area (Å²) in [6.45, 7) is 2.48. The highest BCUT2D eigenvalue weighted by Gasteiger charge is 2.26. The highest BCUT2D eigenvalue weighted by molar-refractivity contribution is 7.83. The van der Waals surface area contributed by atoms with Gasteiger partial charge in [-0.3, -0.25) is 0 Å². The number of nitrogens with two attached hydrogens (primary N) is 1. The van der Waals surface area contributed by atoms with Gasteiger partial charge in [0, 0.05) is 0 Å². The maximum atomic E-state index is 10.8. The smallest absolute Gasteiger partial charge is 0.210 e. The Hall–Kier alpha value is -0.130. The second-order valence-corrected chi connectivity index (χ2v) is 4.83. The first kappa shape index (κ1) is 9.87. The van der Waals surface area contributed by atoms with Crippen LogP contribution in [-0.2, 0) is 10.2 Å². The molecule has 0 fully saturated rings. The third-order valence-corrected chi connectivity index (χ3v) is 3.01. The van der Waals surface area contributed by atoms with Gasteiger partial charge in [0.25, 0.3) is 0 Å². The molecule has 0 aliphatic rings. The van der Waals surface area contributed by atoms with Gasteiger partial charge in [0.1, 0.15) is 0 Å². The summed E-state index contributed by atoms with van der Waals surface area (Å²) in [5.74, 6) is 0. The first-order valence-electron chi connectivity index (χ1n) is 3.17. The quantitative estimate of drug-likeness (QED) is 0.585. The van der Waals surface area contributed by atoms with Crippen LogP contribution in [0.3, 0.4) is 0 Å². The molecule has 0 saturated heterocycles. The second kappa shape index (κ2) is 2.86. The van der Waals surface area contributed by atoms with Gasteiger partial charge in [-0.15, -0.1) is 0 Å². The molecule has 62 valence electrons. The van der Waals surface area contributed by atoms with Crippen molar-refractivity contribution >= 4 is 10.2 Å². The largest absolute Gasteiger partial charge is 0.367 e. The summed E-state index contributed by atoms with van der Waals surface area (Å²) in [6.07, 6.45) is 0.809. The molecule has 2 N–H and O–H groups in total. The van der Waals surface area contributed by atoms with E-state index in [2.05, 4.69) is 0 Å². The summed E-state index contributed by atoms with van der Waals surface area (Å²) < 4.78 is 21.5. The van der Waals surface area contributed by atoms with Crippen LogP contribution in [0.5, 0.6) is 0 Å². The van der Waals surface area contributed by atoms with Crippen molar-refractivity contribution in [2.24, 2.45) is 5.14 Å². The Morgan fingerprint density at radius 3 is 1.90 bits per heavy atom. The van der Waals surface area contributed by atoms with Crippen LogP contribution in [0.25, 0.3) is 0 Å². The van der Waals surface area contributed by atoms with Gasteiger partial charge < -0.3 is 0 Å². The Morgan fingerprint density at radius 1 is 1.40 bits per heavy atom. The minimum absolute atomic E-state index is 0.135. The van der Waals surface area contributed by atoms with Gasteiger partial charge in [-0.1, -0.05) is 6.92 Å². The molecule has 0 rings (SSSR count). The molecular weight excluding hydrogens is 152 g/mol. The van der Waals surface area contributed by atoms with E-state index in [1.165, 1.54) is 0 Å². The zero-order valence-electron chi connectivity index (χ0n) is 6.66. The van der Waals surface area contributed by atoms with Crippen LogP contribution < -0.4 is 5.14 Å². The van der Waals surface area contributed by atoms with Crippen LogP contribution in [0.1, 0.15) is 13.3 Å². The molecule has 0 bridgehead atoms. The van der Waals surface area contributed by atoms with Crippen molar-refractivity contribution in [1.29, 1.82) is 0 Å². The Balaban J connectivity index is 4.42. The standard InChI is InChI=1S/C5H15N2O2S/c1-4-5-7(2,3)10(6,8)9/h4-5H2,1-3H3,(H2,6,8,9)/q+1. The molecular formula is C5H15N2O2S+. The van der Waals surface area contributed by atoms with E-state index in [-0.39, 0.29) is 3.89 Å². The van der Waals surface area contributed by atoms with Crippen LogP contribution in [0, 0.1) is 0 Å². The van der Waals surface area contributed by atoms with E-state index >= 15 is 0 Å². The number of hydrogen-bond donors (Lipinski definition) is 1. The highest BCUT2D eigenvalue weighted by atomic mass is 32.2. The lowest BCUT2D eigenvalue weighted by Gasteiger charge is -2.24. The maximum absolute atomic E-state index is 10.8. The van der Waals surface area contributed by atoms with Crippen LogP contribution >= 0.6 is 0 Å². The van der Waals surface area contributed by atoms with E-state index in [1.54, 1.807) is 14.1 Å². The van der Waals surface area contributed by atoms with Crippen molar-refractivity contribution in [3.63, 3.8) is 0 Å². The molecule has 0 unspecified atom stereocenters. The molecule has 0 aromatic heterocycles. The van der Waals surface area contributed by atoms with E-state index in [0.717, 1.165) is 6.42 Å². The monoisotopic (exact) mass is 167 g/mol. The van der Waals surface area contributed by atoms with Gasteiger partial charge in [-0.2, -0.15) is 13.6 Å². The molecule has 4 nitrogen and oxygen atoms in total. The Kier molecular flexibility index (Phi) is 2.82. The normalized spacial score (nSPS) is 13.6. The molecule has 0 amide bonds. The number of rotatable bonds is 3. The Bertz CT molecular complexity index is 196. The Labute approximate surface area is 62.4 Å². The van der Waals surface area contributed by atoms with Gasteiger partial charge in [-0.25, -0.2) is 3.89 Å². The fourth-order valence-corrected chi connectivity index (χ4v) is 1.10. The minimum Gasteiger partial charge on any atom is -0.210 e. The molecule has 0 heterocycles. The van der Waals surface area contributed by atoms with Crippen molar-refractivity contribution < 1.29 is 12.3 Å². The maximum Gasteiger partial charge on any atom is 0.367 e. The predicted octanol–water partition coefficient (Wildman–Crippen LogP) is -0.324. The summed E-state index contributed by atoms with van der Waals surface area (Å²) in [6, 6.07) is 0. The van der Waals surface area contributed by atoms with Gasteiger partial charge in [0.2, 0.25) is 0 Å². The predicted molar refractivity (Wildman–Crippen MR) is 40.4 cm³/mol. The van der Waals surface area contributed by atoms with E-state index in [1.807, 2.05) is 6.92 Å². The first-order chi connectivity index (χ1) is 4.31. The van der Waals surface area contributed by atoms with Crippen molar-refractivity contribution in [3.8, 4) is 0 Å². The van der Waals surface area contributed by atoms with Crippen molar-refractivity contribution in [3.05, 3.63) is 0 Å². The van der Waals surface area contributed by atoms with E-state index < -0.39 is 10.2 Å².